The van der Waals surface area contributed by atoms with E-state index in [2.05, 4.69) is 0 Å². The van der Waals surface area contributed by atoms with Crippen molar-refractivity contribution in [1.82, 2.24) is 0 Å². The molecule has 0 aromatic heterocycles. The van der Waals surface area contributed by atoms with Crippen LogP contribution in [-0.2, 0) is 0 Å². The van der Waals surface area contributed by atoms with Crippen molar-refractivity contribution in [3.8, 4) is 11.5 Å². The van der Waals surface area contributed by atoms with Gasteiger partial charge >= 0.3 is 0 Å². The van der Waals surface area contributed by atoms with Crippen LogP contribution in [0.3, 0.4) is 0 Å². The van der Waals surface area contributed by atoms with E-state index in [-0.39, 0.29) is 11.5 Å². The molecule has 1 N–H and O–H groups in total. The molecule has 0 unspecified atom stereocenters. The second kappa shape index (κ2) is 4.26. The third-order valence-electron chi connectivity index (χ3n) is 4.75. The molecule has 1 aliphatic carbocycles. The van der Waals surface area contributed by atoms with Crippen molar-refractivity contribution >= 4 is 17.4 Å². The van der Waals surface area contributed by atoms with Crippen LogP contribution >= 0.6 is 11.6 Å². The number of ketones is 1. The number of phenolic OH excluding ortho intramolecular Hbond substituents is 1. The normalized spacial score (nSPS) is 21.6. The van der Waals surface area contributed by atoms with Gasteiger partial charge in [0.25, 0.3) is 0 Å². The summed E-state index contributed by atoms with van der Waals surface area (Å²) < 4.78 is 6.19. The summed E-state index contributed by atoms with van der Waals surface area (Å²) in [6.07, 6.45) is 2.66. The topological polar surface area (TPSA) is 46.5 Å². The third-order valence-corrected chi connectivity index (χ3v) is 4.96. The third kappa shape index (κ3) is 1.50. The van der Waals surface area contributed by atoms with Crippen molar-refractivity contribution in [3.63, 3.8) is 0 Å². The number of Topliss-reactive ketones (excluding diaryl/α,β-unsaturated/α-hetero) is 1. The summed E-state index contributed by atoms with van der Waals surface area (Å²) >= 11 is 5.88. The Kier molecular flexibility index (Phi) is 2.87. The Morgan fingerprint density at radius 3 is 2.35 bits per heavy atom. The summed E-state index contributed by atoms with van der Waals surface area (Å²) in [4.78, 5) is 12.7. The summed E-state index contributed by atoms with van der Waals surface area (Å²) in [7, 11) is 0. The van der Waals surface area contributed by atoms with Crippen molar-refractivity contribution in [2.24, 2.45) is 0 Å². The van der Waals surface area contributed by atoms with Crippen LogP contribution in [0.15, 0.2) is 11.1 Å². The highest BCUT2D eigenvalue weighted by molar-refractivity contribution is 6.30. The van der Waals surface area contributed by atoms with Crippen molar-refractivity contribution in [1.29, 1.82) is 0 Å². The predicted molar refractivity (Wildman–Crippen MR) is 77.8 cm³/mol. The Balaban J connectivity index is 2.30. The second-order valence-electron chi connectivity index (χ2n) is 5.73. The predicted octanol–water partition coefficient (Wildman–Crippen LogP) is 3.94. The molecule has 0 radical (unpaired) electrons. The van der Waals surface area contributed by atoms with Gasteiger partial charge in [0.2, 0.25) is 0 Å². The number of aromatic hydroxyl groups is 1. The number of hydrogen-bond acceptors (Lipinski definition) is 3. The van der Waals surface area contributed by atoms with Gasteiger partial charge < -0.3 is 9.84 Å². The van der Waals surface area contributed by atoms with Crippen LogP contribution in [0.1, 0.15) is 46.3 Å². The van der Waals surface area contributed by atoms with Crippen LogP contribution < -0.4 is 4.74 Å². The quantitative estimate of drug-likeness (QED) is 0.737. The van der Waals surface area contributed by atoms with Gasteiger partial charge in [0.15, 0.2) is 5.78 Å². The summed E-state index contributed by atoms with van der Waals surface area (Å²) in [6.45, 7) is 5.46. The minimum Gasteiger partial charge on any atom is -0.507 e. The van der Waals surface area contributed by atoms with Gasteiger partial charge in [0.1, 0.15) is 17.1 Å². The average Bonchev–Trinajstić information content (AvgIpc) is 2.39. The van der Waals surface area contributed by atoms with Crippen molar-refractivity contribution in [2.75, 3.05) is 0 Å². The molecule has 0 atom stereocenters. The van der Waals surface area contributed by atoms with E-state index in [1.807, 2.05) is 13.8 Å². The lowest BCUT2D eigenvalue weighted by Crippen LogP contribution is -2.50. The molecule has 3 nitrogen and oxygen atoms in total. The van der Waals surface area contributed by atoms with Gasteiger partial charge in [-0.05, 0) is 51.2 Å². The first kappa shape index (κ1) is 13.5. The number of carbonyl (C=O) groups excluding carboxylic acids is 1. The second-order valence-corrected chi connectivity index (χ2v) is 5.95. The minimum absolute atomic E-state index is 0.114. The molecule has 2 aliphatic rings. The van der Waals surface area contributed by atoms with Crippen LogP contribution in [0.2, 0.25) is 0 Å². The molecular formula is C16H17ClO3. The van der Waals surface area contributed by atoms with Crippen LogP contribution in [0, 0.1) is 20.8 Å². The molecule has 1 fully saturated rings. The SMILES string of the molecule is Cc1c(C)c2c(c(C)c1O)C(=O)/C(=C/Cl)C1(CCC1)O2. The molecule has 20 heavy (non-hydrogen) atoms. The lowest BCUT2D eigenvalue weighted by molar-refractivity contribution is 0.0184. The molecular weight excluding hydrogens is 276 g/mol. The van der Waals surface area contributed by atoms with Crippen molar-refractivity contribution in [3.05, 3.63) is 33.4 Å². The Bertz CT molecular complexity index is 654. The standard InChI is InChI=1S/C16H17ClO3/c1-8-9(2)15-12(10(3)13(8)18)14(19)11(7-17)16(20-15)5-4-6-16/h7,18H,4-6H2,1-3H3/b11-7-. The zero-order valence-corrected chi connectivity index (χ0v) is 12.6. The van der Waals surface area contributed by atoms with E-state index in [1.165, 1.54) is 5.54 Å². The summed E-state index contributed by atoms with van der Waals surface area (Å²) in [5, 5.41) is 10.2. The molecule has 1 aromatic rings. The van der Waals surface area contributed by atoms with Gasteiger partial charge in [-0.2, -0.15) is 0 Å². The number of rotatable bonds is 0. The summed E-state index contributed by atoms with van der Waals surface area (Å²) in [6, 6.07) is 0. The molecule has 0 saturated heterocycles. The first-order valence-electron chi connectivity index (χ1n) is 6.80. The molecule has 1 saturated carbocycles. The molecule has 1 aromatic carbocycles. The zero-order valence-electron chi connectivity index (χ0n) is 11.8. The molecule has 0 bridgehead atoms. The van der Waals surface area contributed by atoms with Crippen molar-refractivity contribution in [2.45, 2.75) is 45.6 Å². The van der Waals surface area contributed by atoms with Gasteiger partial charge in [-0.25, -0.2) is 0 Å². The molecule has 3 rings (SSSR count). The summed E-state index contributed by atoms with van der Waals surface area (Å²) in [5.41, 5.74) is 3.93. The van der Waals surface area contributed by atoms with Gasteiger partial charge in [0, 0.05) is 11.1 Å². The van der Waals surface area contributed by atoms with E-state index in [4.69, 9.17) is 16.3 Å². The lowest BCUT2D eigenvalue weighted by atomic mass is 9.70. The average molecular weight is 293 g/mol. The van der Waals surface area contributed by atoms with E-state index in [1.54, 1.807) is 6.92 Å². The first-order valence-corrected chi connectivity index (χ1v) is 7.24. The van der Waals surface area contributed by atoms with Gasteiger partial charge in [-0.1, -0.05) is 11.6 Å². The van der Waals surface area contributed by atoms with Crippen LogP contribution in [0.25, 0.3) is 0 Å². The smallest absolute Gasteiger partial charge is 0.198 e. The van der Waals surface area contributed by atoms with E-state index in [0.29, 0.717) is 22.4 Å². The van der Waals surface area contributed by atoms with Gasteiger partial charge in [0.05, 0.1) is 11.1 Å². The van der Waals surface area contributed by atoms with E-state index in [0.717, 1.165) is 30.4 Å². The van der Waals surface area contributed by atoms with Gasteiger partial charge in [-0.3, -0.25) is 4.79 Å². The fourth-order valence-corrected chi connectivity index (χ4v) is 3.41. The molecule has 4 heteroatoms. The first-order chi connectivity index (χ1) is 9.43. The Morgan fingerprint density at radius 1 is 1.20 bits per heavy atom. The lowest BCUT2D eigenvalue weighted by Gasteiger charge is -2.46. The van der Waals surface area contributed by atoms with Gasteiger partial charge in [-0.15, -0.1) is 0 Å². The Morgan fingerprint density at radius 2 is 1.85 bits per heavy atom. The van der Waals surface area contributed by atoms with Crippen molar-refractivity contribution < 1.29 is 14.6 Å². The fourth-order valence-electron chi connectivity index (χ4n) is 3.12. The number of halogens is 1. The van der Waals surface area contributed by atoms with E-state index >= 15 is 0 Å². The zero-order chi connectivity index (χ0) is 14.7. The maximum Gasteiger partial charge on any atom is 0.198 e. The Labute approximate surface area is 123 Å². The maximum absolute atomic E-state index is 12.7. The number of benzene rings is 1. The maximum atomic E-state index is 12.7. The molecule has 106 valence electrons. The van der Waals surface area contributed by atoms with E-state index in [9.17, 15) is 9.90 Å². The largest absolute Gasteiger partial charge is 0.507 e. The van der Waals surface area contributed by atoms with Crippen LogP contribution in [-0.4, -0.2) is 16.5 Å². The highest BCUT2D eigenvalue weighted by atomic mass is 35.5. The Hall–Kier alpha value is -1.48. The number of fused-ring (bicyclic) bond motifs is 1. The minimum atomic E-state index is -0.549. The summed E-state index contributed by atoms with van der Waals surface area (Å²) in [5.74, 6) is 0.665. The monoisotopic (exact) mass is 292 g/mol. The molecule has 1 heterocycles. The number of ether oxygens (including phenoxy) is 1. The number of hydrogen-bond donors (Lipinski definition) is 1. The van der Waals surface area contributed by atoms with Crippen LogP contribution in [0.5, 0.6) is 11.5 Å². The number of phenols is 1. The van der Waals surface area contributed by atoms with E-state index < -0.39 is 5.60 Å². The molecule has 1 spiro atoms. The molecule has 1 aliphatic heterocycles. The number of carbonyl (C=O) groups is 1. The highest BCUT2D eigenvalue weighted by Gasteiger charge is 2.50. The molecule has 0 amide bonds. The highest BCUT2D eigenvalue weighted by Crippen LogP contribution is 2.51. The van der Waals surface area contributed by atoms with Crippen LogP contribution in [0.4, 0.5) is 0 Å². The fraction of sp³-hybridized carbons (Fsp3) is 0.438.